The van der Waals surface area contributed by atoms with Crippen molar-refractivity contribution in [3.63, 3.8) is 0 Å². The minimum Gasteiger partial charge on any atom is -0.411 e. The van der Waals surface area contributed by atoms with Crippen LogP contribution in [0.4, 0.5) is 5.69 Å². The molecule has 1 aromatic carbocycles. The number of benzene rings is 1. The number of nitrogens with zero attached hydrogens (tertiary/aromatic N) is 1. The van der Waals surface area contributed by atoms with E-state index in [2.05, 4.69) is 27.6 Å². The quantitative estimate of drug-likeness (QED) is 0.309. The predicted molar refractivity (Wildman–Crippen MR) is 66.2 cm³/mol. The summed E-state index contributed by atoms with van der Waals surface area (Å²) in [6.07, 6.45) is 0.789. The van der Waals surface area contributed by atoms with Gasteiger partial charge in [-0.15, -0.1) is 0 Å². The summed E-state index contributed by atoms with van der Waals surface area (Å²) < 4.78 is 0. The Balaban J connectivity index is 2.85. The van der Waals surface area contributed by atoms with Crippen molar-refractivity contribution in [2.45, 2.75) is 0 Å². The summed E-state index contributed by atoms with van der Waals surface area (Å²) >= 11 is 0. The molecule has 0 radical (unpaired) electrons. The van der Waals surface area contributed by atoms with Crippen molar-refractivity contribution in [3.05, 3.63) is 29.8 Å². The van der Waals surface area contributed by atoms with Crippen LogP contribution in [0.1, 0.15) is 5.56 Å². The molecule has 88 valence electrons. The molecule has 0 unspecified atom stereocenters. The average Bonchev–Trinajstić information content (AvgIpc) is 2.32. The summed E-state index contributed by atoms with van der Waals surface area (Å²) in [6.45, 7) is 0.570. The molecule has 17 heavy (non-hydrogen) atoms. The zero-order valence-electron chi connectivity index (χ0n) is 9.40. The van der Waals surface area contributed by atoms with Gasteiger partial charge in [-0.3, -0.25) is 4.79 Å². The summed E-state index contributed by atoms with van der Waals surface area (Å²) in [5.74, 6) is 5.32. The lowest BCUT2D eigenvalue weighted by Crippen LogP contribution is -2.13. The zero-order chi connectivity index (χ0) is 12.5. The van der Waals surface area contributed by atoms with Gasteiger partial charge >= 0.3 is 0 Å². The Morgan fingerprint density at radius 3 is 3.00 bits per heavy atom. The van der Waals surface area contributed by atoms with Crippen LogP contribution in [-0.2, 0) is 4.79 Å². The van der Waals surface area contributed by atoms with Crippen LogP contribution >= 0.6 is 0 Å². The lowest BCUT2D eigenvalue weighted by molar-refractivity contribution is -0.110. The summed E-state index contributed by atoms with van der Waals surface area (Å²) in [6, 6.07) is 7.15. The van der Waals surface area contributed by atoms with E-state index in [1.54, 1.807) is 25.2 Å². The van der Waals surface area contributed by atoms with E-state index in [9.17, 15) is 4.79 Å². The molecule has 1 aromatic rings. The Bertz CT molecular complexity index is 472. The molecule has 5 heteroatoms. The predicted octanol–water partition coefficient (Wildman–Crippen LogP) is 0.656. The van der Waals surface area contributed by atoms with Gasteiger partial charge in [-0.1, -0.05) is 29.1 Å². The third-order valence-electron chi connectivity index (χ3n) is 1.85. The van der Waals surface area contributed by atoms with Gasteiger partial charge in [0.1, 0.15) is 6.21 Å². The van der Waals surface area contributed by atoms with Gasteiger partial charge in [0.05, 0.1) is 12.2 Å². The topological polar surface area (TPSA) is 73.7 Å². The third kappa shape index (κ3) is 4.36. The van der Waals surface area contributed by atoms with E-state index in [0.717, 1.165) is 6.21 Å². The molecule has 0 fully saturated rings. The molecule has 0 heterocycles. The number of anilines is 1. The second-order valence-electron chi connectivity index (χ2n) is 3.11. The molecule has 0 atom stereocenters. The van der Waals surface area contributed by atoms with Gasteiger partial charge in [0.15, 0.2) is 0 Å². The highest BCUT2D eigenvalue weighted by molar-refractivity contribution is 6.31. The second kappa shape index (κ2) is 7.04. The van der Waals surface area contributed by atoms with Crippen LogP contribution in [0.2, 0.25) is 0 Å². The largest absolute Gasteiger partial charge is 0.411 e. The molecule has 0 saturated heterocycles. The number of hydrogen-bond donors (Lipinski definition) is 3. The van der Waals surface area contributed by atoms with Gasteiger partial charge in [-0.25, -0.2) is 0 Å². The van der Waals surface area contributed by atoms with Crippen LogP contribution in [-0.4, -0.2) is 30.9 Å². The van der Waals surface area contributed by atoms with Crippen molar-refractivity contribution in [2.24, 2.45) is 5.16 Å². The zero-order valence-corrected chi connectivity index (χ0v) is 9.40. The van der Waals surface area contributed by atoms with Crippen molar-refractivity contribution < 1.29 is 10.0 Å². The van der Waals surface area contributed by atoms with Gasteiger partial charge in [-0.2, -0.15) is 0 Å². The third-order valence-corrected chi connectivity index (χ3v) is 1.85. The van der Waals surface area contributed by atoms with Crippen LogP contribution in [0.25, 0.3) is 0 Å². The normalized spacial score (nSPS) is 9.71. The van der Waals surface area contributed by atoms with Crippen molar-refractivity contribution in [3.8, 4) is 11.8 Å². The van der Waals surface area contributed by atoms with E-state index < -0.39 is 5.91 Å². The molecule has 3 N–H and O–H groups in total. The lowest BCUT2D eigenvalue weighted by Gasteiger charge is -2.03. The highest BCUT2D eigenvalue weighted by Gasteiger charge is 2.02. The first-order valence-electron chi connectivity index (χ1n) is 4.99. The molecule has 0 saturated carbocycles. The number of rotatable bonds is 3. The first-order valence-corrected chi connectivity index (χ1v) is 4.99. The average molecular weight is 231 g/mol. The van der Waals surface area contributed by atoms with Crippen molar-refractivity contribution in [2.75, 3.05) is 18.9 Å². The highest BCUT2D eigenvalue weighted by atomic mass is 16.4. The number of oxime groups is 1. The van der Waals surface area contributed by atoms with Crippen LogP contribution in [0, 0.1) is 11.8 Å². The Morgan fingerprint density at radius 2 is 2.29 bits per heavy atom. The van der Waals surface area contributed by atoms with Gasteiger partial charge in [0.25, 0.3) is 5.91 Å². The number of carbonyl (C=O) groups is 1. The van der Waals surface area contributed by atoms with Crippen molar-refractivity contribution in [1.29, 1.82) is 0 Å². The van der Waals surface area contributed by atoms with E-state index in [-0.39, 0.29) is 0 Å². The minimum absolute atomic E-state index is 0.504. The smallest absolute Gasteiger partial charge is 0.270 e. The molecular weight excluding hydrogens is 218 g/mol. The first-order chi connectivity index (χ1) is 8.27. The number of para-hydroxylation sites is 1. The van der Waals surface area contributed by atoms with E-state index in [1.807, 2.05) is 6.07 Å². The van der Waals surface area contributed by atoms with Gasteiger partial charge in [0, 0.05) is 5.56 Å². The summed E-state index contributed by atoms with van der Waals surface area (Å²) in [5, 5.41) is 16.4. The molecule has 1 rings (SSSR count). The van der Waals surface area contributed by atoms with Crippen LogP contribution < -0.4 is 10.6 Å². The fraction of sp³-hybridized carbons (Fsp3) is 0.167. The Kier molecular flexibility index (Phi) is 5.28. The van der Waals surface area contributed by atoms with Crippen molar-refractivity contribution in [1.82, 2.24) is 5.32 Å². The molecule has 1 amide bonds. The van der Waals surface area contributed by atoms with E-state index in [1.165, 1.54) is 0 Å². The fourth-order valence-corrected chi connectivity index (χ4v) is 1.15. The Labute approximate surface area is 99.5 Å². The summed E-state index contributed by atoms with van der Waals surface area (Å²) in [7, 11) is 1.81. The maximum Gasteiger partial charge on any atom is 0.270 e. The molecule has 5 nitrogen and oxygen atoms in total. The molecular formula is C12H13N3O2. The lowest BCUT2D eigenvalue weighted by atomic mass is 10.2. The van der Waals surface area contributed by atoms with Gasteiger partial charge < -0.3 is 15.8 Å². The standard InChI is InChI=1S/C12H13N3O2/c1-13-8-4-6-10-5-2-3-7-11(10)15-12(16)9-14-17/h2-3,5,7,9,13,17H,8H2,1H3,(H,15,16). The molecule has 0 bridgehead atoms. The van der Waals surface area contributed by atoms with E-state index in [0.29, 0.717) is 17.8 Å². The van der Waals surface area contributed by atoms with E-state index in [4.69, 9.17) is 5.21 Å². The van der Waals surface area contributed by atoms with Gasteiger partial charge in [-0.05, 0) is 19.2 Å². The van der Waals surface area contributed by atoms with Gasteiger partial charge in [0.2, 0.25) is 0 Å². The van der Waals surface area contributed by atoms with Crippen LogP contribution in [0.15, 0.2) is 29.4 Å². The monoisotopic (exact) mass is 231 g/mol. The molecule has 0 aliphatic carbocycles. The molecule has 0 aromatic heterocycles. The SMILES string of the molecule is CNCC#Cc1ccccc1NC(=O)C=NO. The van der Waals surface area contributed by atoms with Crippen LogP contribution in [0.3, 0.4) is 0 Å². The first kappa shape index (κ1) is 12.7. The minimum atomic E-state index is -0.504. The number of hydrogen-bond acceptors (Lipinski definition) is 4. The Morgan fingerprint density at radius 1 is 1.53 bits per heavy atom. The van der Waals surface area contributed by atoms with Crippen molar-refractivity contribution >= 4 is 17.8 Å². The second-order valence-corrected chi connectivity index (χ2v) is 3.11. The summed E-state index contributed by atoms with van der Waals surface area (Å²) in [4.78, 5) is 11.2. The molecule has 0 aliphatic heterocycles. The van der Waals surface area contributed by atoms with E-state index >= 15 is 0 Å². The maximum absolute atomic E-state index is 11.2. The number of amides is 1. The Hall–Kier alpha value is -2.32. The molecule has 0 spiro atoms. The summed E-state index contributed by atoms with van der Waals surface area (Å²) in [5.41, 5.74) is 1.29. The fourth-order valence-electron chi connectivity index (χ4n) is 1.15. The maximum atomic E-state index is 11.2. The number of nitrogens with one attached hydrogen (secondary N) is 2. The highest BCUT2D eigenvalue weighted by Crippen LogP contribution is 2.12. The van der Waals surface area contributed by atoms with Crippen LogP contribution in [0.5, 0.6) is 0 Å². The molecule has 0 aliphatic rings. The number of carbonyl (C=O) groups excluding carboxylic acids is 1.